The highest BCUT2D eigenvalue weighted by molar-refractivity contribution is 4.78. The molecule has 1 heteroatoms. The Bertz CT molecular complexity index is 85.3. The summed E-state index contributed by atoms with van der Waals surface area (Å²) >= 11 is 0. The number of rotatable bonds is 0. The fourth-order valence-corrected chi connectivity index (χ4v) is 2.30. The molecule has 2 atom stereocenters. The van der Waals surface area contributed by atoms with Crippen molar-refractivity contribution in [1.29, 1.82) is 0 Å². The first-order valence-corrected chi connectivity index (χ1v) is 4.58. The Morgan fingerprint density at radius 2 is 1.70 bits per heavy atom. The quantitative estimate of drug-likeness (QED) is 0.502. The van der Waals surface area contributed by atoms with E-state index in [2.05, 4.69) is 0 Å². The molecule has 0 bridgehead atoms. The first-order chi connectivity index (χ1) is 4.97. The maximum atomic E-state index is 5.68. The molecule has 1 aliphatic carbocycles. The average molecular weight is 140 g/mol. The van der Waals surface area contributed by atoms with Crippen molar-refractivity contribution >= 4 is 0 Å². The van der Waals surface area contributed by atoms with E-state index in [4.69, 9.17) is 4.74 Å². The van der Waals surface area contributed by atoms with Crippen LogP contribution in [0, 0.1) is 5.92 Å². The molecule has 2 fully saturated rings. The highest BCUT2D eigenvalue weighted by atomic mass is 16.5. The van der Waals surface area contributed by atoms with Gasteiger partial charge in [-0.2, -0.15) is 0 Å². The maximum Gasteiger partial charge on any atom is 0.0603 e. The number of ether oxygens (including phenoxy) is 1. The smallest absolute Gasteiger partial charge is 0.0603 e. The van der Waals surface area contributed by atoms with Gasteiger partial charge in [0, 0.05) is 6.61 Å². The molecule has 0 spiro atoms. The van der Waals surface area contributed by atoms with E-state index in [-0.39, 0.29) is 0 Å². The normalized spacial score (nSPS) is 40.8. The molecule has 1 heterocycles. The van der Waals surface area contributed by atoms with E-state index in [1.807, 2.05) is 0 Å². The fourth-order valence-electron chi connectivity index (χ4n) is 2.30. The number of fused-ring (bicyclic) bond motifs is 1. The van der Waals surface area contributed by atoms with Crippen molar-refractivity contribution in [2.24, 2.45) is 5.92 Å². The van der Waals surface area contributed by atoms with E-state index >= 15 is 0 Å². The van der Waals surface area contributed by atoms with E-state index in [0.29, 0.717) is 6.10 Å². The Balaban J connectivity index is 1.93. The fraction of sp³-hybridized carbons (Fsp3) is 1.00. The minimum Gasteiger partial charge on any atom is -0.378 e. The van der Waals surface area contributed by atoms with Gasteiger partial charge in [-0.1, -0.05) is 12.8 Å². The summed E-state index contributed by atoms with van der Waals surface area (Å²) in [7, 11) is 0. The zero-order valence-corrected chi connectivity index (χ0v) is 6.51. The molecule has 0 radical (unpaired) electrons. The molecule has 0 aromatic heterocycles. The zero-order chi connectivity index (χ0) is 6.81. The molecule has 1 saturated carbocycles. The molecule has 1 saturated heterocycles. The molecule has 10 heavy (non-hydrogen) atoms. The molecule has 0 aromatic carbocycles. The lowest BCUT2D eigenvalue weighted by atomic mass is 9.82. The summed E-state index contributed by atoms with van der Waals surface area (Å²) in [4.78, 5) is 0. The van der Waals surface area contributed by atoms with Gasteiger partial charge in [0.25, 0.3) is 0 Å². The second-order valence-electron chi connectivity index (χ2n) is 3.60. The van der Waals surface area contributed by atoms with Crippen LogP contribution in [0.15, 0.2) is 0 Å². The summed E-state index contributed by atoms with van der Waals surface area (Å²) in [6.07, 6.45) is 9.02. The Morgan fingerprint density at radius 3 is 2.60 bits per heavy atom. The molecule has 0 aromatic rings. The summed E-state index contributed by atoms with van der Waals surface area (Å²) in [5.74, 6) is 0.933. The van der Waals surface area contributed by atoms with Crippen LogP contribution in [0.4, 0.5) is 0 Å². The van der Waals surface area contributed by atoms with E-state index in [9.17, 15) is 0 Å². The summed E-state index contributed by atoms with van der Waals surface area (Å²) in [6.45, 7) is 1.03. The molecule has 1 nitrogen and oxygen atoms in total. The number of hydrogen-bond acceptors (Lipinski definition) is 1. The molecular weight excluding hydrogens is 124 g/mol. The SMILES string of the molecule is C1CC[C@H]2OCCC[C@H]2C1. The molecule has 58 valence electrons. The van der Waals surface area contributed by atoms with Crippen molar-refractivity contribution in [1.82, 2.24) is 0 Å². The van der Waals surface area contributed by atoms with Gasteiger partial charge in [-0.3, -0.25) is 0 Å². The van der Waals surface area contributed by atoms with Crippen LogP contribution < -0.4 is 0 Å². The van der Waals surface area contributed by atoms with Gasteiger partial charge >= 0.3 is 0 Å². The summed E-state index contributed by atoms with van der Waals surface area (Å²) < 4.78 is 5.68. The molecule has 2 aliphatic rings. The Kier molecular flexibility index (Phi) is 1.94. The third-order valence-electron chi connectivity index (χ3n) is 2.89. The molecule has 0 amide bonds. The third-order valence-corrected chi connectivity index (χ3v) is 2.89. The maximum absolute atomic E-state index is 5.68. The van der Waals surface area contributed by atoms with Crippen molar-refractivity contribution in [3.05, 3.63) is 0 Å². The molecular formula is C9H16O. The highest BCUT2D eigenvalue weighted by Gasteiger charge is 2.27. The third kappa shape index (κ3) is 1.20. The standard InChI is InChI=1S/C9H16O/c1-2-6-9-8(4-1)5-3-7-10-9/h8-9H,1-7H2/t8-,9-/m1/s1. The summed E-state index contributed by atoms with van der Waals surface area (Å²) in [5, 5.41) is 0. The Labute approximate surface area is 62.8 Å². The van der Waals surface area contributed by atoms with E-state index in [1.165, 1.54) is 38.5 Å². The summed E-state index contributed by atoms with van der Waals surface area (Å²) in [5.41, 5.74) is 0. The van der Waals surface area contributed by atoms with Gasteiger partial charge in [-0.25, -0.2) is 0 Å². The average Bonchev–Trinajstić information content (AvgIpc) is 2.05. The van der Waals surface area contributed by atoms with Crippen LogP contribution in [-0.2, 0) is 4.74 Å². The lowest BCUT2D eigenvalue weighted by molar-refractivity contribution is -0.0467. The zero-order valence-electron chi connectivity index (χ0n) is 6.51. The molecule has 2 rings (SSSR count). The van der Waals surface area contributed by atoms with Crippen LogP contribution in [0.2, 0.25) is 0 Å². The second-order valence-corrected chi connectivity index (χ2v) is 3.60. The lowest BCUT2D eigenvalue weighted by Gasteiger charge is -2.35. The van der Waals surface area contributed by atoms with Gasteiger partial charge in [0.05, 0.1) is 6.10 Å². The van der Waals surface area contributed by atoms with E-state index in [0.717, 1.165) is 12.5 Å². The predicted molar refractivity (Wildman–Crippen MR) is 40.9 cm³/mol. The van der Waals surface area contributed by atoms with Gasteiger partial charge in [0.1, 0.15) is 0 Å². The molecule has 0 N–H and O–H groups in total. The van der Waals surface area contributed by atoms with Crippen LogP contribution in [0.25, 0.3) is 0 Å². The first-order valence-electron chi connectivity index (χ1n) is 4.58. The lowest BCUT2D eigenvalue weighted by Crippen LogP contribution is -2.31. The molecule has 0 unspecified atom stereocenters. The van der Waals surface area contributed by atoms with Crippen molar-refractivity contribution < 1.29 is 4.74 Å². The van der Waals surface area contributed by atoms with Gasteiger partial charge in [0.15, 0.2) is 0 Å². The van der Waals surface area contributed by atoms with E-state index < -0.39 is 0 Å². The van der Waals surface area contributed by atoms with Crippen LogP contribution in [0.5, 0.6) is 0 Å². The van der Waals surface area contributed by atoms with Gasteiger partial charge in [-0.15, -0.1) is 0 Å². The van der Waals surface area contributed by atoms with Crippen molar-refractivity contribution in [2.75, 3.05) is 6.61 Å². The van der Waals surface area contributed by atoms with Gasteiger partial charge in [0.2, 0.25) is 0 Å². The minimum atomic E-state index is 0.655. The van der Waals surface area contributed by atoms with Gasteiger partial charge < -0.3 is 4.74 Å². The largest absolute Gasteiger partial charge is 0.378 e. The first kappa shape index (κ1) is 6.66. The van der Waals surface area contributed by atoms with Crippen molar-refractivity contribution in [3.8, 4) is 0 Å². The Hall–Kier alpha value is -0.0400. The minimum absolute atomic E-state index is 0.655. The Morgan fingerprint density at radius 1 is 0.900 bits per heavy atom. The van der Waals surface area contributed by atoms with Crippen LogP contribution >= 0.6 is 0 Å². The van der Waals surface area contributed by atoms with Gasteiger partial charge in [-0.05, 0) is 31.6 Å². The van der Waals surface area contributed by atoms with Crippen LogP contribution in [0.3, 0.4) is 0 Å². The monoisotopic (exact) mass is 140 g/mol. The van der Waals surface area contributed by atoms with Crippen molar-refractivity contribution in [2.45, 2.75) is 44.6 Å². The van der Waals surface area contributed by atoms with E-state index in [1.54, 1.807) is 0 Å². The highest BCUT2D eigenvalue weighted by Crippen LogP contribution is 2.32. The second kappa shape index (κ2) is 2.91. The summed E-state index contributed by atoms with van der Waals surface area (Å²) in [6, 6.07) is 0. The van der Waals surface area contributed by atoms with Crippen LogP contribution in [0.1, 0.15) is 38.5 Å². The predicted octanol–water partition coefficient (Wildman–Crippen LogP) is 2.36. The number of hydrogen-bond donors (Lipinski definition) is 0. The molecule has 1 aliphatic heterocycles. The topological polar surface area (TPSA) is 9.23 Å². The van der Waals surface area contributed by atoms with Crippen LogP contribution in [-0.4, -0.2) is 12.7 Å². The van der Waals surface area contributed by atoms with Crippen molar-refractivity contribution in [3.63, 3.8) is 0 Å².